The summed E-state index contributed by atoms with van der Waals surface area (Å²) in [5, 5.41) is 0.878. The first kappa shape index (κ1) is 25.2. The van der Waals surface area contributed by atoms with E-state index < -0.39 is 23.4 Å². The average molecular weight is 518 g/mol. The molecule has 35 heavy (non-hydrogen) atoms. The number of halogens is 2. The van der Waals surface area contributed by atoms with E-state index >= 15 is 0 Å². The van der Waals surface area contributed by atoms with Crippen LogP contribution in [0.15, 0.2) is 48.5 Å². The second-order valence-electron chi connectivity index (χ2n) is 8.10. The molecule has 2 aromatic rings. The summed E-state index contributed by atoms with van der Waals surface area (Å²) in [6.07, 6.45) is 3.62. The molecule has 0 N–H and O–H groups in total. The third kappa shape index (κ3) is 4.21. The predicted octanol–water partition coefficient (Wildman–Crippen LogP) is 3.81. The third-order valence-electron chi connectivity index (χ3n) is 6.14. The van der Waals surface area contributed by atoms with Crippen LogP contribution >= 0.6 is 23.2 Å². The van der Waals surface area contributed by atoms with E-state index in [1.165, 1.54) is 24.0 Å². The highest BCUT2D eigenvalue weighted by Crippen LogP contribution is 2.48. The maximum atomic E-state index is 14.0. The van der Waals surface area contributed by atoms with Crippen molar-refractivity contribution in [3.63, 3.8) is 0 Å². The van der Waals surface area contributed by atoms with E-state index in [-0.39, 0.29) is 32.8 Å². The van der Waals surface area contributed by atoms with Gasteiger partial charge in [0.25, 0.3) is 11.8 Å². The molecule has 1 atom stereocenters. The number of hydrogen-bond donors (Lipinski definition) is 0. The minimum atomic E-state index is -1.78. The molecule has 4 rings (SSSR count). The largest absolute Gasteiger partial charge is 0.383 e. The number of ether oxygens (including phenoxy) is 2. The fraction of sp³-hybridized carbons (Fsp3) is 0.320. The van der Waals surface area contributed by atoms with Gasteiger partial charge in [-0.25, -0.2) is 4.79 Å². The van der Waals surface area contributed by atoms with Gasteiger partial charge in [0.1, 0.15) is 0 Å². The first-order valence-corrected chi connectivity index (χ1v) is 11.8. The second kappa shape index (κ2) is 10.4. The maximum Gasteiger partial charge on any atom is 0.328 e. The van der Waals surface area contributed by atoms with Gasteiger partial charge in [-0.05, 0) is 23.8 Å². The van der Waals surface area contributed by atoms with Gasteiger partial charge in [-0.3, -0.25) is 19.4 Å². The molecular weight excluding hydrogens is 493 g/mol. The SMILES string of the molecule is COCCN1C(=O)N(CCOC)C2(C1=O)C(=O)N(CC=Cc1ccc(Cl)c(Cl)c1)c1ccccc12. The molecule has 0 saturated carbocycles. The molecule has 1 saturated heterocycles. The Hall–Kier alpha value is -2.91. The summed E-state index contributed by atoms with van der Waals surface area (Å²) in [6, 6.07) is 11.7. The zero-order valence-electron chi connectivity index (χ0n) is 19.4. The van der Waals surface area contributed by atoms with Crippen molar-refractivity contribution >= 4 is 52.8 Å². The Bertz CT molecular complexity index is 1190. The molecular formula is C25H25Cl2N3O5. The zero-order valence-corrected chi connectivity index (χ0v) is 20.9. The lowest BCUT2D eigenvalue weighted by Crippen LogP contribution is -2.55. The number of nitrogens with zero attached hydrogens (tertiary/aromatic N) is 3. The van der Waals surface area contributed by atoms with Crippen molar-refractivity contribution in [2.75, 3.05) is 52.0 Å². The Labute approximate surface area is 213 Å². The van der Waals surface area contributed by atoms with Crippen molar-refractivity contribution in [1.29, 1.82) is 0 Å². The first-order valence-electron chi connectivity index (χ1n) is 11.0. The molecule has 184 valence electrons. The van der Waals surface area contributed by atoms with E-state index in [1.54, 1.807) is 42.5 Å². The lowest BCUT2D eigenvalue weighted by atomic mass is 9.89. The van der Waals surface area contributed by atoms with Crippen LogP contribution in [0.1, 0.15) is 11.1 Å². The number of benzene rings is 2. The third-order valence-corrected chi connectivity index (χ3v) is 6.88. The van der Waals surface area contributed by atoms with E-state index in [9.17, 15) is 14.4 Å². The monoisotopic (exact) mass is 517 g/mol. The smallest absolute Gasteiger partial charge is 0.328 e. The summed E-state index contributed by atoms with van der Waals surface area (Å²) >= 11 is 12.1. The molecule has 0 bridgehead atoms. The van der Waals surface area contributed by atoms with Crippen LogP contribution in [0.3, 0.4) is 0 Å². The van der Waals surface area contributed by atoms with Crippen molar-refractivity contribution in [2.45, 2.75) is 5.54 Å². The normalized spacial score (nSPS) is 19.7. The number of methoxy groups -OCH3 is 2. The number of hydrogen-bond acceptors (Lipinski definition) is 5. The van der Waals surface area contributed by atoms with Crippen LogP contribution in [0.2, 0.25) is 10.0 Å². The average Bonchev–Trinajstić information content (AvgIpc) is 3.22. The first-order chi connectivity index (χ1) is 16.9. The molecule has 2 aliphatic rings. The van der Waals surface area contributed by atoms with Crippen molar-refractivity contribution in [1.82, 2.24) is 9.80 Å². The Morgan fingerprint density at radius 2 is 1.57 bits per heavy atom. The fourth-order valence-electron chi connectivity index (χ4n) is 4.51. The fourth-order valence-corrected chi connectivity index (χ4v) is 4.81. The quantitative estimate of drug-likeness (QED) is 0.373. The molecule has 10 heteroatoms. The molecule has 1 spiro atoms. The number of fused-ring (bicyclic) bond motifs is 2. The van der Waals surface area contributed by atoms with Crippen molar-refractivity contribution in [3.05, 3.63) is 69.7 Å². The van der Waals surface area contributed by atoms with Gasteiger partial charge in [-0.1, -0.05) is 59.6 Å². The van der Waals surface area contributed by atoms with Crippen molar-refractivity contribution < 1.29 is 23.9 Å². The zero-order chi connectivity index (χ0) is 25.2. The van der Waals surface area contributed by atoms with Crippen molar-refractivity contribution in [3.8, 4) is 0 Å². The molecule has 4 amide bonds. The number of rotatable bonds is 9. The summed E-state index contributed by atoms with van der Waals surface area (Å²) in [5.41, 5.74) is 0.0848. The van der Waals surface area contributed by atoms with Crippen LogP contribution < -0.4 is 4.90 Å². The Kier molecular flexibility index (Phi) is 7.47. The predicted molar refractivity (Wildman–Crippen MR) is 134 cm³/mol. The van der Waals surface area contributed by atoms with Gasteiger partial charge in [-0.2, -0.15) is 0 Å². The summed E-state index contributed by atoms with van der Waals surface area (Å²) < 4.78 is 10.3. The van der Waals surface area contributed by atoms with Crippen LogP contribution in [0.4, 0.5) is 10.5 Å². The highest BCUT2D eigenvalue weighted by molar-refractivity contribution is 6.42. The van der Waals surface area contributed by atoms with Crippen LogP contribution in [-0.2, 0) is 24.6 Å². The van der Waals surface area contributed by atoms with Gasteiger partial charge in [0, 0.05) is 32.9 Å². The van der Waals surface area contributed by atoms with E-state index in [0.29, 0.717) is 21.3 Å². The Balaban J connectivity index is 1.72. The molecule has 8 nitrogen and oxygen atoms in total. The topological polar surface area (TPSA) is 79.4 Å². The number of imide groups is 1. The molecule has 2 aliphatic heterocycles. The van der Waals surface area contributed by atoms with Gasteiger partial charge in [0.2, 0.25) is 5.54 Å². The molecule has 0 aliphatic carbocycles. The van der Waals surface area contributed by atoms with E-state index in [4.69, 9.17) is 32.7 Å². The molecule has 2 heterocycles. The highest BCUT2D eigenvalue weighted by atomic mass is 35.5. The summed E-state index contributed by atoms with van der Waals surface area (Å²) in [6.45, 7) is 0.655. The number of para-hydroxylation sites is 1. The molecule has 0 radical (unpaired) electrons. The second-order valence-corrected chi connectivity index (χ2v) is 8.91. The highest BCUT2D eigenvalue weighted by Gasteiger charge is 2.67. The van der Waals surface area contributed by atoms with E-state index in [0.717, 1.165) is 10.5 Å². The van der Waals surface area contributed by atoms with Crippen LogP contribution in [0, 0.1) is 0 Å². The number of anilines is 1. The summed E-state index contributed by atoms with van der Waals surface area (Å²) in [7, 11) is 2.99. The maximum absolute atomic E-state index is 14.0. The number of carbonyl (C=O) groups excluding carboxylic acids is 3. The standard InChI is InChI=1S/C25H25Cl2N3O5/c1-34-14-12-29-23(32)25(30(24(29)33)13-15-35-2)18-7-3-4-8-21(18)28(22(25)31)11-5-6-17-9-10-19(26)20(27)16-17/h3-10,16H,11-15H2,1-2H3. The Morgan fingerprint density at radius 3 is 2.29 bits per heavy atom. The van der Waals surface area contributed by atoms with Gasteiger partial charge in [0.05, 0.1) is 35.5 Å². The minimum Gasteiger partial charge on any atom is -0.383 e. The molecule has 1 fully saturated rings. The van der Waals surface area contributed by atoms with Crippen LogP contribution in [-0.4, -0.2) is 74.7 Å². The van der Waals surface area contributed by atoms with Crippen LogP contribution in [0.5, 0.6) is 0 Å². The molecule has 1 unspecified atom stereocenters. The lowest BCUT2D eigenvalue weighted by molar-refractivity contribution is -0.142. The van der Waals surface area contributed by atoms with Gasteiger partial charge < -0.3 is 14.4 Å². The van der Waals surface area contributed by atoms with Gasteiger partial charge >= 0.3 is 6.03 Å². The summed E-state index contributed by atoms with van der Waals surface area (Å²) in [4.78, 5) is 45.0. The van der Waals surface area contributed by atoms with E-state index in [1.807, 2.05) is 12.1 Å². The number of urea groups is 1. The van der Waals surface area contributed by atoms with Gasteiger partial charge in [-0.15, -0.1) is 0 Å². The van der Waals surface area contributed by atoms with Crippen LogP contribution in [0.25, 0.3) is 6.08 Å². The molecule has 2 aromatic carbocycles. The Morgan fingerprint density at radius 1 is 0.886 bits per heavy atom. The van der Waals surface area contributed by atoms with E-state index in [2.05, 4.69) is 0 Å². The molecule has 0 aromatic heterocycles. The van der Waals surface area contributed by atoms with Crippen molar-refractivity contribution in [2.24, 2.45) is 0 Å². The van der Waals surface area contributed by atoms with Gasteiger partial charge in [0.15, 0.2) is 0 Å². The summed E-state index contributed by atoms with van der Waals surface area (Å²) in [5.74, 6) is -1.06. The number of amides is 4. The minimum absolute atomic E-state index is 0.0477. The lowest BCUT2D eigenvalue weighted by Gasteiger charge is -2.30. The number of carbonyl (C=O) groups is 3.